The molecule has 4 N–H and O–H groups in total. The Bertz CT molecular complexity index is 1410. The fourth-order valence-electron chi connectivity index (χ4n) is 3.90. The number of nitrogens with two attached hydrogens (primary N) is 1. The molecular formula is C26H29FN8O5. The molecule has 40 heavy (non-hydrogen) atoms. The highest BCUT2D eigenvalue weighted by Gasteiger charge is 2.54. The topological polar surface area (TPSA) is 181 Å². The molecule has 1 amide bonds. The van der Waals surface area contributed by atoms with Crippen molar-refractivity contribution >= 4 is 17.8 Å². The van der Waals surface area contributed by atoms with Gasteiger partial charge in [0.2, 0.25) is 5.95 Å². The van der Waals surface area contributed by atoms with Crippen LogP contribution in [0.15, 0.2) is 36.5 Å². The Labute approximate surface area is 229 Å². The van der Waals surface area contributed by atoms with Gasteiger partial charge in [0, 0.05) is 24.8 Å². The van der Waals surface area contributed by atoms with E-state index >= 15 is 0 Å². The number of hydrogen-bond acceptors (Lipinski definition) is 11. The van der Waals surface area contributed by atoms with Crippen LogP contribution in [-0.2, 0) is 29.6 Å². The second kappa shape index (κ2) is 11.7. The van der Waals surface area contributed by atoms with Crippen LogP contribution in [0.5, 0.6) is 0 Å². The van der Waals surface area contributed by atoms with Gasteiger partial charge in [-0.1, -0.05) is 0 Å². The molecule has 2 aromatic heterocycles. The number of ether oxygens (including phenoxy) is 3. The van der Waals surface area contributed by atoms with Gasteiger partial charge in [0.1, 0.15) is 17.3 Å². The molecule has 0 radical (unpaired) electrons. The lowest BCUT2D eigenvalue weighted by atomic mass is 9.91. The van der Waals surface area contributed by atoms with Gasteiger partial charge in [0.15, 0.2) is 12.4 Å². The molecule has 1 saturated heterocycles. The highest BCUT2D eigenvalue weighted by molar-refractivity contribution is 5.85. The molecule has 1 aliphatic rings. The summed E-state index contributed by atoms with van der Waals surface area (Å²) >= 11 is 0. The molecule has 4 rings (SSSR count). The monoisotopic (exact) mass is 552 g/mol. The smallest absolute Gasteiger partial charge is 0.317 e. The number of halogens is 1. The number of aromatic nitrogens is 4. The lowest BCUT2D eigenvalue weighted by Gasteiger charge is -2.40. The molecule has 0 unspecified atom stereocenters. The minimum absolute atomic E-state index is 0.0949. The molecule has 0 aliphatic carbocycles. The summed E-state index contributed by atoms with van der Waals surface area (Å²) in [5, 5.41) is 11.9. The summed E-state index contributed by atoms with van der Waals surface area (Å²) in [5.74, 6) is -4.09. The molecule has 1 aromatic carbocycles. The van der Waals surface area contributed by atoms with Crippen LogP contribution in [0.2, 0.25) is 0 Å². The number of nitriles is 1. The van der Waals surface area contributed by atoms with E-state index in [1.165, 1.54) is 31.2 Å². The van der Waals surface area contributed by atoms with Crippen molar-refractivity contribution in [3.8, 4) is 28.7 Å². The fraction of sp³-hybridized carbons (Fsp3) is 0.385. The van der Waals surface area contributed by atoms with Crippen LogP contribution in [-0.4, -0.2) is 83.7 Å². The second-order valence-corrected chi connectivity index (χ2v) is 9.66. The number of benzene rings is 1. The molecular weight excluding hydrogens is 523 g/mol. The lowest BCUT2D eigenvalue weighted by molar-refractivity contribution is -0.293. The van der Waals surface area contributed by atoms with Crippen molar-refractivity contribution in [3.63, 3.8) is 0 Å². The Balaban J connectivity index is 1.73. The predicted molar refractivity (Wildman–Crippen MR) is 140 cm³/mol. The van der Waals surface area contributed by atoms with Crippen LogP contribution in [0.4, 0.5) is 10.3 Å². The van der Waals surface area contributed by atoms with Gasteiger partial charge in [-0.15, -0.1) is 0 Å². The van der Waals surface area contributed by atoms with Crippen molar-refractivity contribution in [1.82, 2.24) is 24.8 Å². The zero-order chi connectivity index (χ0) is 28.9. The van der Waals surface area contributed by atoms with Crippen molar-refractivity contribution in [2.75, 3.05) is 52.3 Å². The Hall–Kier alpha value is -4.45. The van der Waals surface area contributed by atoms with Gasteiger partial charge in [0.05, 0.1) is 30.3 Å². The number of esters is 1. The Morgan fingerprint density at radius 1 is 1.23 bits per heavy atom. The lowest BCUT2D eigenvalue weighted by Crippen LogP contribution is -2.56. The van der Waals surface area contributed by atoms with Crippen LogP contribution >= 0.6 is 0 Å². The molecule has 1 fully saturated rings. The van der Waals surface area contributed by atoms with Gasteiger partial charge >= 0.3 is 11.8 Å². The number of rotatable bonds is 10. The van der Waals surface area contributed by atoms with E-state index in [9.17, 15) is 14.0 Å². The number of hydrogen-bond donors (Lipinski definition) is 3. The van der Waals surface area contributed by atoms with Gasteiger partial charge in [-0.2, -0.15) is 5.26 Å². The third kappa shape index (κ3) is 5.91. The van der Waals surface area contributed by atoms with Crippen LogP contribution in [0.3, 0.4) is 0 Å². The van der Waals surface area contributed by atoms with Crippen molar-refractivity contribution in [2.24, 2.45) is 11.1 Å². The van der Waals surface area contributed by atoms with E-state index in [1.54, 1.807) is 18.3 Å². The quantitative estimate of drug-likeness (QED) is 0.309. The van der Waals surface area contributed by atoms with E-state index < -0.39 is 35.5 Å². The van der Waals surface area contributed by atoms with Crippen molar-refractivity contribution < 1.29 is 28.2 Å². The zero-order valence-corrected chi connectivity index (χ0v) is 22.2. The van der Waals surface area contributed by atoms with Gasteiger partial charge in [-0.05, 0) is 51.4 Å². The summed E-state index contributed by atoms with van der Waals surface area (Å²) < 4.78 is 30.2. The van der Waals surface area contributed by atoms with Gasteiger partial charge in [-0.25, -0.2) is 19.3 Å². The van der Waals surface area contributed by atoms with E-state index in [4.69, 9.17) is 25.2 Å². The summed E-state index contributed by atoms with van der Waals surface area (Å²) in [6.07, 6.45) is 1.56. The van der Waals surface area contributed by atoms with Crippen LogP contribution in [0.1, 0.15) is 12.7 Å². The number of nitrogens with zero attached hydrogens (tertiary/aromatic N) is 5. The van der Waals surface area contributed by atoms with Crippen molar-refractivity contribution in [1.29, 1.82) is 5.26 Å². The number of nitrogens with one attached hydrogen (secondary N) is 2. The van der Waals surface area contributed by atoms with Gasteiger partial charge in [0.25, 0.3) is 5.91 Å². The molecule has 3 heterocycles. The third-order valence-corrected chi connectivity index (χ3v) is 6.16. The molecule has 0 atom stereocenters. The van der Waals surface area contributed by atoms with E-state index in [0.29, 0.717) is 35.1 Å². The van der Waals surface area contributed by atoms with E-state index in [-0.39, 0.29) is 19.0 Å². The molecule has 210 valence electrons. The molecule has 0 spiro atoms. The minimum atomic E-state index is -2.18. The normalized spacial score (nSPS) is 20.6. The minimum Gasteiger partial charge on any atom is -0.450 e. The van der Waals surface area contributed by atoms with Crippen molar-refractivity contribution in [2.45, 2.75) is 12.7 Å². The van der Waals surface area contributed by atoms with Crippen molar-refractivity contribution in [3.05, 3.63) is 48.2 Å². The number of carbonyl (C=O) groups is 2. The molecule has 13 nitrogen and oxygen atoms in total. The first-order valence-corrected chi connectivity index (χ1v) is 12.3. The molecule has 3 aromatic rings. The number of primary amides is 1. The maximum absolute atomic E-state index is 13.7. The number of aromatic amines is 1. The maximum Gasteiger partial charge on any atom is 0.317 e. The Kier molecular flexibility index (Phi) is 8.38. The first kappa shape index (κ1) is 28.6. The summed E-state index contributed by atoms with van der Waals surface area (Å²) in [5.41, 5.74) is 6.06. The van der Waals surface area contributed by atoms with Crippen LogP contribution in [0, 0.1) is 22.6 Å². The maximum atomic E-state index is 13.7. The highest BCUT2D eigenvalue weighted by Crippen LogP contribution is 2.39. The van der Waals surface area contributed by atoms with E-state index in [1.807, 2.05) is 19.0 Å². The summed E-state index contributed by atoms with van der Waals surface area (Å²) in [6, 6.07) is 8.97. The largest absolute Gasteiger partial charge is 0.450 e. The van der Waals surface area contributed by atoms with Gasteiger partial charge in [-0.3, -0.25) is 9.59 Å². The number of anilines is 1. The summed E-state index contributed by atoms with van der Waals surface area (Å²) in [7, 11) is 3.89. The standard InChI is InChI=1S/C26H29FN8O5/c1-25(23(37)38-13-9-28)14-39-26(21(29)36,40-15-25)22-33-19(16-4-6-17(27)7-5-16)20(34-22)18-8-10-30-24(32-18)31-11-12-35(2)3/h4-8,10H,11-15H2,1-3H3,(H2,29,36)(H,33,34)(H,30,31,32). The number of likely N-dealkylation sites (N-methyl/N-ethyl adjacent to an activating group) is 1. The highest BCUT2D eigenvalue weighted by atomic mass is 19.1. The Morgan fingerprint density at radius 3 is 2.55 bits per heavy atom. The first-order valence-electron chi connectivity index (χ1n) is 12.3. The van der Waals surface area contributed by atoms with E-state index in [2.05, 4.69) is 25.3 Å². The predicted octanol–water partition coefficient (Wildman–Crippen LogP) is 1.40. The number of carbonyl (C=O) groups excluding carboxylic acids is 2. The summed E-state index contributed by atoms with van der Waals surface area (Å²) in [6.45, 7) is 1.80. The number of imidazole rings is 1. The van der Waals surface area contributed by atoms with E-state index in [0.717, 1.165) is 6.54 Å². The molecule has 1 aliphatic heterocycles. The fourth-order valence-corrected chi connectivity index (χ4v) is 3.90. The first-order chi connectivity index (χ1) is 19.1. The third-order valence-electron chi connectivity index (χ3n) is 6.16. The average molecular weight is 553 g/mol. The SMILES string of the molecule is CN(C)CCNc1nccc(-c2[nH]c(C3(C(N)=O)OCC(C)(C(=O)OCC#N)CO3)nc2-c2ccc(F)cc2)n1. The molecule has 14 heteroatoms. The number of H-pyrrole nitrogens is 1. The van der Waals surface area contributed by atoms with Crippen LogP contribution in [0.25, 0.3) is 22.6 Å². The number of amides is 1. The molecule has 0 bridgehead atoms. The second-order valence-electron chi connectivity index (χ2n) is 9.66. The summed E-state index contributed by atoms with van der Waals surface area (Å²) in [4.78, 5) is 43.7. The zero-order valence-electron chi connectivity index (χ0n) is 22.2. The van der Waals surface area contributed by atoms with Crippen LogP contribution < -0.4 is 11.1 Å². The molecule has 0 saturated carbocycles. The van der Waals surface area contributed by atoms with Gasteiger partial charge < -0.3 is 35.1 Å². The average Bonchev–Trinajstić information content (AvgIpc) is 3.38. The Morgan fingerprint density at radius 2 is 1.93 bits per heavy atom.